The summed E-state index contributed by atoms with van der Waals surface area (Å²) in [6.07, 6.45) is 0.822. The van der Waals surface area contributed by atoms with Gasteiger partial charge in [-0.25, -0.2) is 4.79 Å². The van der Waals surface area contributed by atoms with E-state index in [4.69, 9.17) is 10.5 Å². The molecule has 0 aliphatic carbocycles. The van der Waals surface area contributed by atoms with Gasteiger partial charge in [-0.1, -0.05) is 18.2 Å². The maximum Gasteiger partial charge on any atom is 0.332 e. The van der Waals surface area contributed by atoms with Gasteiger partial charge in [0.2, 0.25) is 5.91 Å². The van der Waals surface area contributed by atoms with Crippen LogP contribution in [0.25, 0.3) is 0 Å². The van der Waals surface area contributed by atoms with Gasteiger partial charge in [0.25, 0.3) is 0 Å². The molecule has 0 radical (unpaired) electrons. The van der Waals surface area contributed by atoms with E-state index in [9.17, 15) is 9.59 Å². The van der Waals surface area contributed by atoms with Crippen molar-refractivity contribution in [3.8, 4) is 0 Å². The third-order valence-electron chi connectivity index (χ3n) is 3.10. The largest absolute Gasteiger partial charge is 0.464 e. The first kappa shape index (κ1) is 14.9. The second-order valence-electron chi connectivity index (χ2n) is 4.47. The Hall–Kier alpha value is -1.53. The third-order valence-corrected chi connectivity index (χ3v) is 4.22. The van der Waals surface area contributed by atoms with E-state index in [1.165, 1.54) is 0 Å². The first-order chi connectivity index (χ1) is 9.63. The first-order valence-electron chi connectivity index (χ1n) is 6.57. The van der Waals surface area contributed by atoms with Gasteiger partial charge in [-0.3, -0.25) is 4.79 Å². The molecule has 1 heterocycles. The second kappa shape index (κ2) is 6.76. The normalized spacial score (nSPS) is 18.8. The molecule has 2 unspecified atom stereocenters. The van der Waals surface area contributed by atoms with Crippen LogP contribution in [-0.4, -0.2) is 30.3 Å². The molecule has 0 saturated carbocycles. The lowest BCUT2D eigenvalue weighted by atomic mass is 10.0. The number of carbonyl (C=O) groups excluding carboxylic acids is 2. The highest BCUT2D eigenvalue weighted by Gasteiger charge is 2.28. The molecule has 1 aromatic carbocycles. The summed E-state index contributed by atoms with van der Waals surface area (Å²) in [5, 5.41) is 2.84. The number of hydrogen-bond acceptors (Lipinski definition) is 5. The van der Waals surface area contributed by atoms with Crippen molar-refractivity contribution in [1.82, 2.24) is 5.32 Å². The van der Waals surface area contributed by atoms with E-state index in [-0.39, 0.29) is 12.6 Å². The van der Waals surface area contributed by atoms with Crippen molar-refractivity contribution in [2.45, 2.75) is 30.3 Å². The van der Waals surface area contributed by atoms with Gasteiger partial charge in [0, 0.05) is 10.6 Å². The Kier molecular flexibility index (Phi) is 5.03. The topological polar surface area (TPSA) is 81.4 Å². The number of esters is 1. The number of amides is 1. The van der Waals surface area contributed by atoms with E-state index in [0.717, 1.165) is 22.6 Å². The lowest BCUT2D eigenvalue weighted by Gasteiger charge is -2.26. The van der Waals surface area contributed by atoms with Crippen molar-refractivity contribution in [1.29, 1.82) is 0 Å². The molecule has 0 aromatic heterocycles. The zero-order valence-electron chi connectivity index (χ0n) is 11.3. The van der Waals surface area contributed by atoms with Crippen LogP contribution in [0.4, 0.5) is 0 Å². The van der Waals surface area contributed by atoms with Gasteiger partial charge >= 0.3 is 5.97 Å². The molecule has 1 aliphatic rings. The van der Waals surface area contributed by atoms with Crippen LogP contribution in [0.1, 0.15) is 24.9 Å². The highest BCUT2D eigenvalue weighted by atomic mass is 32.2. The Morgan fingerprint density at radius 1 is 1.50 bits per heavy atom. The van der Waals surface area contributed by atoms with Gasteiger partial charge in [0.15, 0.2) is 6.04 Å². The molecule has 3 N–H and O–H groups in total. The molecular formula is C14H18N2O3S. The number of nitrogens with two attached hydrogens (primary N) is 1. The number of thioether (sulfide) groups is 1. The molecule has 0 fully saturated rings. The lowest BCUT2D eigenvalue weighted by molar-refractivity contribution is -0.148. The van der Waals surface area contributed by atoms with E-state index in [0.29, 0.717) is 0 Å². The number of benzene rings is 1. The molecule has 0 spiro atoms. The number of nitrogens with one attached hydrogen (secondary N) is 1. The van der Waals surface area contributed by atoms with Gasteiger partial charge in [0.05, 0.1) is 12.6 Å². The molecule has 0 bridgehead atoms. The van der Waals surface area contributed by atoms with Gasteiger partial charge < -0.3 is 15.8 Å². The number of hydrogen-bond donors (Lipinski definition) is 2. The average molecular weight is 294 g/mol. The second-order valence-corrected chi connectivity index (χ2v) is 5.60. The van der Waals surface area contributed by atoms with Crippen molar-refractivity contribution in [3.05, 3.63) is 29.8 Å². The summed E-state index contributed by atoms with van der Waals surface area (Å²) in [5.74, 6) is -0.255. The highest BCUT2D eigenvalue weighted by molar-refractivity contribution is 7.99. The van der Waals surface area contributed by atoms with Crippen molar-refractivity contribution < 1.29 is 14.3 Å². The van der Waals surface area contributed by atoms with E-state index in [1.54, 1.807) is 18.7 Å². The zero-order valence-corrected chi connectivity index (χ0v) is 12.1. The summed E-state index contributed by atoms with van der Waals surface area (Å²) in [4.78, 5) is 24.6. The Morgan fingerprint density at radius 2 is 2.25 bits per heavy atom. The molecule has 2 rings (SSSR count). The van der Waals surface area contributed by atoms with Crippen LogP contribution in [0.5, 0.6) is 0 Å². The molecular weight excluding hydrogens is 276 g/mol. The minimum atomic E-state index is -1.27. The quantitative estimate of drug-likeness (QED) is 0.645. The Balaban J connectivity index is 2.04. The smallest absolute Gasteiger partial charge is 0.332 e. The summed E-state index contributed by atoms with van der Waals surface area (Å²) >= 11 is 1.77. The highest BCUT2D eigenvalue weighted by Crippen LogP contribution is 2.35. The van der Waals surface area contributed by atoms with Crippen molar-refractivity contribution in [2.24, 2.45) is 5.73 Å². The molecule has 108 valence electrons. The molecule has 1 aliphatic heterocycles. The van der Waals surface area contributed by atoms with Crippen LogP contribution in [-0.2, 0) is 14.3 Å². The average Bonchev–Trinajstić information content (AvgIpc) is 2.47. The summed E-state index contributed by atoms with van der Waals surface area (Å²) in [5.41, 5.74) is 6.67. The van der Waals surface area contributed by atoms with Crippen molar-refractivity contribution in [2.75, 3.05) is 12.4 Å². The van der Waals surface area contributed by atoms with Crippen molar-refractivity contribution >= 4 is 23.6 Å². The maximum absolute atomic E-state index is 12.0. The van der Waals surface area contributed by atoms with E-state index < -0.39 is 17.9 Å². The summed E-state index contributed by atoms with van der Waals surface area (Å²) in [6.45, 7) is 1.89. The summed E-state index contributed by atoms with van der Waals surface area (Å²) in [6, 6.07) is 6.57. The molecule has 20 heavy (non-hydrogen) atoms. The minimum Gasteiger partial charge on any atom is -0.464 e. The Morgan fingerprint density at radius 3 is 3.00 bits per heavy atom. The maximum atomic E-state index is 12.0. The molecule has 1 amide bonds. The van der Waals surface area contributed by atoms with Gasteiger partial charge in [-0.15, -0.1) is 11.8 Å². The number of ether oxygens (including phenoxy) is 1. The van der Waals surface area contributed by atoms with E-state index >= 15 is 0 Å². The van der Waals surface area contributed by atoms with E-state index in [1.807, 2.05) is 24.3 Å². The molecule has 1 aromatic rings. The standard InChI is InChI=1S/C14H18N2O3S/c1-2-19-14(18)12(15)13(17)16-10-7-8-20-11-6-4-3-5-9(10)11/h3-6,10,12H,2,7-8,15H2,1H3,(H,16,17). The summed E-state index contributed by atoms with van der Waals surface area (Å²) < 4.78 is 4.75. The SMILES string of the molecule is CCOC(=O)C(N)C(=O)NC1CCSc2ccccc21. The fraction of sp³-hybridized carbons (Fsp3) is 0.429. The monoisotopic (exact) mass is 294 g/mol. The fourth-order valence-corrected chi connectivity index (χ4v) is 3.22. The first-order valence-corrected chi connectivity index (χ1v) is 7.56. The molecule has 5 nitrogen and oxygen atoms in total. The lowest BCUT2D eigenvalue weighted by Crippen LogP contribution is -2.48. The van der Waals surface area contributed by atoms with Crippen LogP contribution in [0.15, 0.2) is 29.2 Å². The Bertz CT molecular complexity index is 507. The minimum absolute atomic E-state index is 0.0968. The number of carbonyl (C=O) groups is 2. The van der Waals surface area contributed by atoms with E-state index in [2.05, 4.69) is 5.32 Å². The van der Waals surface area contributed by atoms with Crippen LogP contribution in [0, 0.1) is 0 Å². The van der Waals surface area contributed by atoms with Gasteiger partial charge in [0.1, 0.15) is 0 Å². The van der Waals surface area contributed by atoms with Crippen LogP contribution < -0.4 is 11.1 Å². The Labute approximate surface area is 122 Å². The van der Waals surface area contributed by atoms with Crippen LogP contribution in [0.2, 0.25) is 0 Å². The number of fused-ring (bicyclic) bond motifs is 1. The van der Waals surface area contributed by atoms with Gasteiger partial charge in [-0.2, -0.15) is 0 Å². The molecule has 0 saturated heterocycles. The zero-order chi connectivity index (χ0) is 14.5. The van der Waals surface area contributed by atoms with Crippen LogP contribution >= 0.6 is 11.8 Å². The predicted molar refractivity (Wildman–Crippen MR) is 77.3 cm³/mol. The van der Waals surface area contributed by atoms with Crippen molar-refractivity contribution in [3.63, 3.8) is 0 Å². The number of rotatable bonds is 4. The van der Waals surface area contributed by atoms with Crippen LogP contribution in [0.3, 0.4) is 0 Å². The summed E-state index contributed by atoms with van der Waals surface area (Å²) in [7, 11) is 0. The third kappa shape index (κ3) is 3.32. The predicted octanol–water partition coefficient (Wildman–Crippen LogP) is 1.23. The van der Waals surface area contributed by atoms with Gasteiger partial charge in [-0.05, 0) is 25.0 Å². The fourth-order valence-electron chi connectivity index (χ4n) is 2.09. The molecule has 6 heteroatoms. The molecule has 2 atom stereocenters.